The smallest absolute Gasteiger partial charge is 0.261 e. The van der Waals surface area contributed by atoms with Crippen LogP contribution in [-0.2, 0) is 4.79 Å². The van der Waals surface area contributed by atoms with Crippen molar-refractivity contribution in [3.8, 4) is 11.3 Å². The molecule has 2 atom stereocenters. The third-order valence-electron chi connectivity index (χ3n) is 8.45. The number of fused-ring (bicyclic) bond motifs is 1. The van der Waals surface area contributed by atoms with Gasteiger partial charge in [-0.25, -0.2) is 0 Å². The minimum absolute atomic E-state index is 0.0601. The van der Waals surface area contributed by atoms with Gasteiger partial charge < -0.3 is 0 Å². The van der Waals surface area contributed by atoms with E-state index in [2.05, 4.69) is 67.4 Å². The fourth-order valence-electron chi connectivity index (χ4n) is 6.49. The van der Waals surface area contributed by atoms with E-state index in [1.807, 2.05) is 36.5 Å². The van der Waals surface area contributed by atoms with Gasteiger partial charge >= 0.3 is 0 Å². The first-order chi connectivity index (χ1) is 19.1. The molecule has 4 heteroatoms. The van der Waals surface area contributed by atoms with Crippen LogP contribution in [0.4, 0.5) is 0 Å². The van der Waals surface area contributed by atoms with E-state index in [0.717, 1.165) is 66.3 Å². The number of benzene rings is 3. The van der Waals surface area contributed by atoms with E-state index < -0.39 is 0 Å². The Hall–Kier alpha value is -4.05. The number of unbranched alkanes of at least 4 members (excludes halogenated alkanes) is 2. The van der Waals surface area contributed by atoms with Gasteiger partial charge in [-0.15, -0.1) is 0 Å². The summed E-state index contributed by atoms with van der Waals surface area (Å²) in [6.07, 6.45) is 9.53. The van der Waals surface area contributed by atoms with Crippen molar-refractivity contribution in [2.24, 2.45) is 0 Å². The number of allylic oxidation sites excluding steroid dienone is 1. The summed E-state index contributed by atoms with van der Waals surface area (Å²) in [4.78, 5) is 33.8. The second kappa shape index (κ2) is 10.6. The highest BCUT2D eigenvalue weighted by atomic mass is 16.2. The minimum atomic E-state index is -0.145. The normalized spacial score (nSPS) is 17.2. The van der Waals surface area contributed by atoms with Gasteiger partial charge in [0.1, 0.15) is 0 Å². The summed E-state index contributed by atoms with van der Waals surface area (Å²) in [7, 11) is 0. The Morgan fingerprint density at radius 2 is 1.64 bits per heavy atom. The largest absolute Gasteiger partial charge is 0.271 e. The molecule has 0 fully saturated rings. The highest BCUT2D eigenvalue weighted by Gasteiger charge is 2.41. The van der Waals surface area contributed by atoms with E-state index in [4.69, 9.17) is 0 Å². The molecule has 39 heavy (non-hydrogen) atoms. The Morgan fingerprint density at radius 1 is 0.821 bits per heavy atom. The lowest BCUT2D eigenvalue weighted by atomic mass is 9.74. The maximum absolute atomic E-state index is 13.8. The van der Waals surface area contributed by atoms with Crippen LogP contribution < -0.4 is 0 Å². The Bertz CT molecular complexity index is 1590. The summed E-state index contributed by atoms with van der Waals surface area (Å²) in [6, 6.07) is 24.8. The van der Waals surface area contributed by atoms with Crippen molar-refractivity contribution in [3.63, 3.8) is 0 Å². The van der Waals surface area contributed by atoms with E-state index in [9.17, 15) is 9.59 Å². The number of rotatable bonds is 8. The number of aromatic nitrogens is 1. The zero-order valence-corrected chi connectivity index (χ0v) is 22.7. The van der Waals surface area contributed by atoms with Crippen molar-refractivity contribution in [3.05, 3.63) is 107 Å². The maximum Gasteiger partial charge on any atom is 0.261 e. The molecule has 0 radical (unpaired) electrons. The summed E-state index contributed by atoms with van der Waals surface area (Å²) < 4.78 is 0. The lowest BCUT2D eigenvalue weighted by Crippen LogP contribution is -2.48. The zero-order chi connectivity index (χ0) is 26.9. The predicted octanol–water partition coefficient (Wildman–Crippen LogP) is 8.16. The highest BCUT2D eigenvalue weighted by molar-refractivity contribution is 6.31. The van der Waals surface area contributed by atoms with Crippen LogP contribution in [0, 0.1) is 0 Å². The molecule has 2 unspecified atom stereocenters. The summed E-state index contributed by atoms with van der Waals surface area (Å²) in [5.41, 5.74) is 6.52. The Kier molecular flexibility index (Phi) is 6.86. The van der Waals surface area contributed by atoms with E-state index in [1.165, 1.54) is 10.9 Å². The molecule has 4 aromatic rings. The molecule has 2 aliphatic rings. The number of hydrogen-bond donors (Lipinski definition) is 0. The van der Waals surface area contributed by atoms with Crippen molar-refractivity contribution < 1.29 is 9.59 Å². The summed E-state index contributed by atoms with van der Waals surface area (Å²) in [6.45, 7) is 4.25. The molecule has 0 saturated heterocycles. The molecule has 0 saturated carbocycles. The summed E-state index contributed by atoms with van der Waals surface area (Å²) >= 11 is 0. The number of carbonyl (C=O) groups excluding carboxylic acids is 2. The number of amides is 2. The summed E-state index contributed by atoms with van der Waals surface area (Å²) in [5.74, 6) is -0.212. The van der Waals surface area contributed by atoms with Gasteiger partial charge in [0.15, 0.2) is 0 Å². The van der Waals surface area contributed by atoms with Gasteiger partial charge in [0.25, 0.3) is 11.8 Å². The van der Waals surface area contributed by atoms with Gasteiger partial charge in [-0.1, -0.05) is 93.8 Å². The van der Waals surface area contributed by atoms with Crippen LogP contribution in [-0.4, -0.2) is 27.7 Å². The molecule has 0 N–H and O–H groups in total. The van der Waals surface area contributed by atoms with E-state index in [-0.39, 0.29) is 23.8 Å². The topological polar surface area (TPSA) is 50.3 Å². The van der Waals surface area contributed by atoms with Gasteiger partial charge in [-0.2, -0.15) is 0 Å². The summed E-state index contributed by atoms with van der Waals surface area (Å²) in [5, 5.41) is 2.33. The van der Waals surface area contributed by atoms with Crippen molar-refractivity contribution >= 4 is 28.2 Å². The Morgan fingerprint density at radius 3 is 2.41 bits per heavy atom. The monoisotopic (exact) mass is 514 g/mol. The third-order valence-corrected chi connectivity index (χ3v) is 8.45. The highest BCUT2D eigenvalue weighted by Crippen LogP contribution is 2.46. The first kappa shape index (κ1) is 25.2. The van der Waals surface area contributed by atoms with E-state index >= 15 is 0 Å². The fourth-order valence-corrected chi connectivity index (χ4v) is 6.49. The van der Waals surface area contributed by atoms with Crippen LogP contribution in [0.1, 0.15) is 85.3 Å². The first-order valence-corrected chi connectivity index (χ1v) is 14.3. The number of imide groups is 1. The molecule has 1 aromatic heterocycles. The first-order valence-electron chi connectivity index (χ1n) is 14.3. The molecule has 2 amide bonds. The quantitative estimate of drug-likeness (QED) is 0.176. The lowest BCUT2D eigenvalue weighted by Gasteiger charge is -2.38. The third kappa shape index (κ3) is 4.28. The van der Waals surface area contributed by atoms with Gasteiger partial charge in [0.05, 0.1) is 5.69 Å². The minimum Gasteiger partial charge on any atom is -0.271 e. The molecule has 6 rings (SSSR count). The van der Waals surface area contributed by atoms with Crippen LogP contribution in [0.2, 0.25) is 0 Å². The van der Waals surface area contributed by atoms with E-state index in [1.54, 1.807) is 4.90 Å². The molecule has 1 aliphatic carbocycles. The van der Waals surface area contributed by atoms with Crippen molar-refractivity contribution in [2.75, 3.05) is 0 Å². The van der Waals surface area contributed by atoms with Gasteiger partial charge in [-0.05, 0) is 59.4 Å². The van der Waals surface area contributed by atoms with Crippen LogP contribution in [0.3, 0.4) is 0 Å². The maximum atomic E-state index is 13.8. The molecule has 196 valence electrons. The van der Waals surface area contributed by atoms with Crippen molar-refractivity contribution in [1.82, 2.24) is 9.88 Å². The van der Waals surface area contributed by atoms with Gasteiger partial charge in [0, 0.05) is 40.4 Å². The molecular weight excluding hydrogens is 480 g/mol. The molecule has 0 bridgehead atoms. The average molecular weight is 515 g/mol. The van der Waals surface area contributed by atoms with Crippen LogP contribution in [0.25, 0.3) is 27.6 Å². The predicted molar refractivity (Wildman–Crippen MR) is 157 cm³/mol. The van der Waals surface area contributed by atoms with Gasteiger partial charge in [0.2, 0.25) is 0 Å². The zero-order valence-electron chi connectivity index (χ0n) is 22.7. The van der Waals surface area contributed by atoms with Crippen LogP contribution in [0.5, 0.6) is 0 Å². The molecule has 2 heterocycles. The average Bonchev–Trinajstić information content (AvgIpc) is 2.99. The second-order valence-corrected chi connectivity index (χ2v) is 10.7. The molecular formula is C35H34N2O2. The number of pyridine rings is 1. The Balaban J connectivity index is 1.44. The number of carbonyl (C=O) groups is 2. The molecule has 4 nitrogen and oxygen atoms in total. The van der Waals surface area contributed by atoms with Crippen LogP contribution >= 0.6 is 0 Å². The van der Waals surface area contributed by atoms with Crippen LogP contribution in [0.15, 0.2) is 85.1 Å². The molecule has 3 aromatic carbocycles. The fraction of sp³-hybridized carbons (Fsp3) is 0.286. The molecule has 0 spiro atoms. The second-order valence-electron chi connectivity index (χ2n) is 10.7. The van der Waals surface area contributed by atoms with Gasteiger partial charge in [-0.3, -0.25) is 19.5 Å². The Labute approximate surface area is 230 Å². The van der Waals surface area contributed by atoms with Crippen molar-refractivity contribution in [1.29, 1.82) is 0 Å². The number of hydrogen-bond acceptors (Lipinski definition) is 3. The number of nitrogens with zero attached hydrogens (tertiary/aromatic N) is 2. The van der Waals surface area contributed by atoms with E-state index in [0.29, 0.717) is 11.1 Å². The van der Waals surface area contributed by atoms with Crippen molar-refractivity contribution in [2.45, 2.75) is 64.3 Å². The lowest BCUT2D eigenvalue weighted by molar-refractivity contribution is -0.124. The standard InChI is InChI=1S/C35H34N2O2/c1-3-5-6-12-23(4-2)37-34(38)30-16-11-15-29-27(19-21-31(33(29)30)35(37)39)26-18-20-28(32-17-9-10-22-36-32)25-14-8-7-13-24(25)26/h7-11,13-18,20-23,27H,3-6,12,19H2,1-2H3. The molecule has 1 aliphatic heterocycles. The SMILES string of the molecule is CCCCCC(CC)N1C(=O)C2=CCC(c3ccc(-c4ccccn4)c4ccccc34)c3cccc(c32)C1=O.